The minimum Gasteiger partial charge on any atom is -0.387 e. The standard InChI is InChI=1S/C13H17N3OS/c1-9-4-3-5-11(6-9)12(17)7-14-8-13-10(2)15-16-18-13/h3-6,12,14,17H,7-8H2,1-2H3. The molecule has 1 aromatic heterocycles. The fraction of sp³-hybridized carbons (Fsp3) is 0.385. The normalized spacial score (nSPS) is 12.6. The predicted molar refractivity (Wildman–Crippen MR) is 72.5 cm³/mol. The Morgan fingerprint density at radius 3 is 2.89 bits per heavy atom. The van der Waals surface area contributed by atoms with E-state index in [1.54, 1.807) is 0 Å². The lowest BCUT2D eigenvalue weighted by molar-refractivity contribution is 0.174. The molecule has 0 aliphatic heterocycles. The Bertz CT molecular complexity index is 512. The lowest BCUT2D eigenvalue weighted by atomic mass is 10.1. The SMILES string of the molecule is Cc1cccc(C(O)CNCc2snnc2C)c1. The van der Waals surface area contributed by atoms with Crippen LogP contribution in [0.15, 0.2) is 24.3 Å². The Hall–Kier alpha value is -1.30. The van der Waals surface area contributed by atoms with Gasteiger partial charge in [0.25, 0.3) is 0 Å². The molecule has 0 bridgehead atoms. The number of hydrogen-bond donors (Lipinski definition) is 2. The van der Waals surface area contributed by atoms with Gasteiger partial charge >= 0.3 is 0 Å². The van der Waals surface area contributed by atoms with Gasteiger partial charge in [0.2, 0.25) is 0 Å². The number of aryl methyl sites for hydroxylation is 2. The Balaban J connectivity index is 1.85. The van der Waals surface area contributed by atoms with Crippen LogP contribution in [0.25, 0.3) is 0 Å². The molecule has 2 N–H and O–H groups in total. The summed E-state index contributed by atoms with van der Waals surface area (Å²) < 4.78 is 3.88. The predicted octanol–water partition coefficient (Wildman–Crippen LogP) is 1.98. The second-order valence-electron chi connectivity index (χ2n) is 4.34. The average Bonchev–Trinajstić information content (AvgIpc) is 2.75. The van der Waals surface area contributed by atoms with Gasteiger partial charge in [0.05, 0.1) is 16.7 Å². The van der Waals surface area contributed by atoms with Gasteiger partial charge in [-0.05, 0) is 30.9 Å². The molecule has 0 aliphatic rings. The number of aromatic nitrogens is 2. The van der Waals surface area contributed by atoms with Crippen LogP contribution in [0.1, 0.15) is 27.8 Å². The zero-order chi connectivity index (χ0) is 13.0. The van der Waals surface area contributed by atoms with Crippen LogP contribution in [-0.4, -0.2) is 21.2 Å². The highest BCUT2D eigenvalue weighted by Gasteiger charge is 2.08. The second-order valence-corrected chi connectivity index (χ2v) is 5.18. The summed E-state index contributed by atoms with van der Waals surface area (Å²) in [5, 5.41) is 17.2. The molecule has 0 aliphatic carbocycles. The van der Waals surface area contributed by atoms with Crippen LogP contribution in [0.5, 0.6) is 0 Å². The monoisotopic (exact) mass is 263 g/mol. The number of hydrogen-bond acceptors (Lipinski definition) is 5. The molecule has 2 aromatic rings. The summed E-state index contributed by atoms with van der Waals surface area (Å²) in [5.41, 5.74) is 3.06. The van der Waals surface area contributed by atoms with Crippen molar-refractivity contribution in [2.24, 2.45) is 0 Å². The van der Waals surface area contributed by atoms with Crippen LogP contribution in [0.4, 0.5) is 0 Å². The van der Waals surface area contributed by atoms with Crippen LogP contribution in [0.3, 0.4) is 0 Å². The third-order valence-corrected chi connectivity index (χ3v) is 3.62. The topological polar surface area (TPSA) is 58.0 Å². The summed E-state index contributed by atoms with van der Waals surface area (Å²) in [6.45, 7) is 5.20. The average molecular weight is 263 g/mol. The molecular formula is C13H17N3OS. The van der Waals surface area contributed by atoms with Crippen LogP contribution < -0.4 is 5.32 Å². The molecule has 5 heteroatoms. The Morgan fingerprint density at radius 1 is 1.39 bits per heavy atom. The van der Waals surface area contributed by atoms with Crippen LogP contribution >= 0.6 is 11.5 Å². The first-order valence-corrected chi connectivity index (χ1v) is 6.67. The summed E-state index contributed by atoms with van der Waals surface area (Å²) in [6, 6.07) is 7.94. The van der Waals surface area contributed by atoms with Gasteiger partial charge in [0, 0.05) is 13.1 Å². The maximum Gasteiger partial charge on any atom is 0.0914 e. The highest BCUT2D eigenvalue weighted by molar-refractivity contribution is 7.05. The molecule has 1 aromatic carbocycles. The smallest absolute Gasteiger partial charge is 0.0914 e. The maximum atomic E-state index is 10.1. The van der Waals surface area contributed by atoms with Gasteiger partial charge in [0.15, 0.2) is 0 Å². The van der Waals surface area contributed by atoms with Gasteiger partial charge in [0.1, 0.15) is 0 Å². The maximum absolute atomic E-state index is 10.1. The second kappa shape index (κ2) is 6.04. The van der Waals surface area contributed by atoms with Crippen molar-refractivity contribution >= 4 is 11.5 Å². The Labute approximate surface area is 111 Å². The van der Waals surface area contributed by atoms with Crippen molar-refractivity contribution < 1.29 is 5.11 Å². The van der Waals surface area contributed by atoms with Gasteiger partial charge in [-0.3, -0.25) is 0 Å². The van der Waals surface area contributed by atoms with E-state index in [1.165, 1.54) is 11.5 Å². The van der Waals surface area contributed by atoms with Gasteiger partial charge in [-0.15, -0.1) is 5.10 Å². The Kier molecular flexibility index (Phi) is 4.41. The molecule has 1 unspecified atom stereocenters. The summed E-state index contributed by atoms with van der Waals surface area (Å²) in [6.07, 6.45) is -0.480. The largest absolute Gasteiger partial charge is 0.387 e. The molecule has 18 heavy (non-hydrogen) atoms. The first-order chi connectivity index (χ1) is 8.66. The van der Waals surface area contributed by atoms with Gasteiger partial charge in [-0.1, -0.05) is 34.3 Å². The first-order valence-electron chi connectivity index (χ1n) is 5.90. The van der Waals surface area contributed by atoms with Crippen LogP contribution in [0, 0.1) is 13.8 Å². The van der Waals surface area contributed by atoms with Crippen molar-refractivity contribution in [2.75, 3.05) is 6.54 Å². The number of aliphatic hydroxyl groups excluding tert-OH is 1. The summed E-state index contributed by atoms with van der Waals surface area (Å²) in [7, 11) is 0. The molecule has 0 spiro atoms. The van der Waals surface area contributed by atoms with Gasteiger partial charge in [-0.2, -0.15) is 0 Å². The van der Waals surface area contributed by atoms with Crippen molar-refractivity contribution in [3.8, 4) is 0 Å². The molecule has 0 amide bonds. The highest BCUT2D eigenvalue weighted by Crippen LogP contribution is 2.14. The third-order valence-electron chi connectivity index (χ3n) is 2.80. The number of nitrogens with one attached hydrogen (secondary N) is 1. The zero-order valence-electron chi connectivity index (χ0n) is 10.6. The highest BCUT2D eigenvalue weighted by atomic mass is 32.1. The molecule has 96 valence electrons. The molecule has 4 nitrogen and oxygen atoms in total. The minimum atomic E-state index is -0.480. The van der Waals surface area contributed by atoms with Gasteiger partial charge < -0.3 is 10.4 Å². The molecule has 0 radical (unpaired) electrons. The van der Waals surface area contributed by atoms with Gasteiger partial charge in [-0.25, -0.2) is 0 Å². The lowest BCUT2D eigenvalue weighted by Gasteiger charge is -2.12. The van der Waals surface area contributed by atoms with E-state index in [9.17, 15) is 5.11 Å². The van der Waals surface area contributed by atoms with E-state index >= 15 is 0 Å². The number of rotatable bonds is 5. The third kappa shape index (κ3) is 3.35. The van der Waals surface area contributed by atoms with Crippen LogP contribution in [-0.2, 0) is 6.54 Å². The zero-order valence-corrected chi connectivity index (χ0v) is 11.4. The van der Waals surface area contributed by atoms with Crippen molar-refractivity contribution in [2.45, 2.75) is 26.5 Å². The Morgan fingerprint density at radius 2 is 2.22 bits per heavy atom. The fourth-order valence-electron chi connectivity index (χ4n) is 1.73. The van der Waals surface area contributed by atoms with E-state index in [0.29, 0.717) is 13.1 Å². The van der Waals surface area contributed by atoms with E-state index in [2.05, 4.69) is 14.9 Å². The molecule has 1 atom stereocenters. The molecule has 1 heterocycles. The fourth-order valence-corrected chi connectivity index (χ4v) is 2.33. The summed E-state index contributed by atoms with van der Waals surface area (Å²) in [4.78, 5) is 1.12. The van der Waals surface area contributed by atoms with E-state index in [0.717, 1.165) is 21.7 Å². The molecule has 0 saturated heterocycles. The molecule has 0 saturated carbocycles. The first kappa shape index (κ1) is 13.1. The van der Waals surface area contributed by atoms with Crippen molar-refractivity contribution in [3.63, 3.8) is 0 Å². The quantitative estimate of drug-likeness (QED) is 0.866. The lowest BCUT2D eigenvalue weighted by Crippen LogP contribution is -2.21. The van der Waals surface area contributed by atoms with Crippen molar-refractivity contribution in [3.05, 3.63) is 46.0 Å². The van der Waals surface area contributed by atoms with E-state index in [-0.39, 0.29) is 0 Å². The van der Waals surface area contributed by atoms with Crippen molar-refractivity contribution in [1.29, 1.82) is 0 Å². The molecular weight excluding hydrogens is 246 g/mol. The van der Waals surface area contributed by atoms with E-state index in [4.69, 9.17) is 0 Å². The number of aliphatic hydroxyl groups is 1. The number of benzene rings is 1. The minimum absolute atomic E-state index is 0.480. The van der Waals surface area contributed by atoms with Crippen molar-refractivity contribution in [1.82, 2.24) is 14.9 Å². The number of nitrogens with zero attached hydrogens (tertiary/aromatic N) is 2. The van der Waals surface area contributed by atoms with Crippen LogP contribution in [0.2, 0.25) is 0 Å². The van der Waals surface area contributed by atoms with E-state index < -0.39 is 6.10 Å². The summed E-state index contributed by atoms with van der Waals surface area (Å²) in [5.74, 6) is 0. The summed E-state index contributed by atoms with van der Waals surface area (Å²) >= 11 is 1.39. The van der Waals surface area contributed by atoms with E-state index in [1.807, 2.05) is 38.1 Å². The molecule has 0 fully saturated rings. The molecule has 2 rings (SSSR count).